The van der Waals surface area contributed by atoms with Crippen LogP contribution in [0.25, 0.3) is 0 Å². The normalized spacial score (nSPS) is 22.7. The van der Waals surface area contributed by atoms with Gasteiger partial charge in [-0.25, -0.2) is 0 Å². The molecule has 1 aliphatic heterocycles. The minimum atomic E-state index is 0.00696. The van der Waals surface area contributed by atoms with E-state index in [0.29, 0.717) is 11.6 Å². The van der Waals surface area contributed by atoms with Crippen molar-refractivity contribution >= 4 is 5.91 Å². The summed E-state index contributed by atoms with van der Waals surface area (Å²) in [7, 11) is 1.71. The Kier molecular flexibility index (Phi) is 5.65. The summed E-state index contributed by atoms with van der Waals surface area (Å²) in [6.45, 7) is 3.15. The largest absolute Gasteiger partial charge is 0.384 e. The third kappa shape index (κ3) is 4.31. The van der Waals surface area contributed by atoms with E-state index in [1.165, 1.54) is 32.1 Å². The number of nitrogens with zero attached hydrogens (tertiary/aromatic N) is 4. The van der Waals surface area contributed by atoms with Gasteiger partial charge in [-0.05, 0) is 18.8 Å². The van der Waals surface area contributed by atoms with Crippen molar-refractivity contribution in [2.24, 2.45) is 11.8 Å². The summed E-state index contributed by atoms with van der Waals surface area (Å²) >= 11 is 0. The van der Waals surface area contributed by atoms with Crippen LogP contribution in [0.1, 0.15) is 55.4 Å². The lowest BCUT2D eigenvalue weighted by Crippen LogP contribution is -2.29. The summed E-state index contributed by atoms with van der Waals surface area (Å²) in [4.78, 5) is 14.4. The molecule has 0 bridgehead atoms. The quantitative estimate of drug-likeness (QED) is 0.807. The number of hydrogen-bond donors (Lipinski definition) is 0. The molecule has 0 N–H and O–H groups in total. The summed E-state index contributed by atoms with van der Waals surface area (Å²) in [6.07, 6.45) is 10.8. The molecule has 23 heavy (non-hydrogen) atoms. The Hall–Kier alpha value is -1.43. The number of rotatable bonds is 6. The Balaban J connectivity index is 1.49. The third-order valence-electron chi connectivity index (χ3n) is 5.22. The van der Waals surface area contributed by atoms with Crippen molar-refractivity contribution in [1.82, 2.24) is 19.9 Å². The molecule has 1 saturated carbocycles. The van der Waals surface area contributed by atoms with Gasteiger partial charge in [0.05, 0.1) is 12.8 Å². The summed E-state index contributed by atoms with van der Waals surface area (Å²) in [6, 6.07) is 0. The van der Waals surface area contributed by atoms with E-state index in [2.05, 4.69) is 10.3 Å². The number of aromatic nitrogens is 3. The van der Waals surface area contributed by atoms with Crippen molar-refractivity contribution < 1.29 is 9.53 Å². The topological polar surface area (TPSA) is 60.2 Å². The highest BCUT2D eigenvalue weighted by atomic mass is 16.5. The zero-order valence-electron chi connectivity index (χ0n) is 14.1. The van der Waals surface area contributed by atoms with Crippen molar-refractivity contribution in [2.45, 2.75) is 51.5 Å². The second-order valence-electron chi connectivity index (χ2n) is 7.02. The average Bonchev–Trinajstić information content (AvgIpc) is 3.23. The van der Waals surface area contributed by atoms with Crippen molar-refractivity contribution in [3.8, 4) is 0 Å². The summed E-state index contributed by atoms with van der Waals surface area (Å²) in [5.41, 5.74) is 0.478. The van der Waals surface area contributed by atoms with Gasteiger partial charge in [0.15, 0.2) is 5.69 Å². The molecular weight excluding hydrogens is 292 g/mol. The van der Waals surface area contributed by atoms with Crippen LogP contribution in [0.2, 0.25) is 0 Å². The monoisotopic (exact) mass is 320 g/mol. The van der Waals surface area contributed by atoms with Crippen LogP contribution in [-0.4, -0.2) is 52.6 Å². The van der Waals surface area contributed by atoms with E-state index in [4.69, 9.17) is 4.74 Å². The molecule has 1 amide bonds. The van der Waals surface area contributed by atoms with Gasteiger partial charge in [0.25, 0.3) is 5.91 Å². The van der Waals surface area contributed by atoms with Gasteiger partial charge < -0.3 is 9.64 Å². The fourth-order valence-corrected chi connectivity index (χ4v) is 3.85. The second kappa shape index (κ2) is 7.90. The SMILES string of the molecule is COC[C@@H]1CCN(C(=O)c2cn(CCC3CCCCC3)nn2)C1. The zero-order chi connectivity index (χ0) is 16.1. The van der Waals surface area contributed by atoms with Gasteiger partial charge in [-0.2, -0.15) is 0 Å². The summed E-state index contributed by atoms with van der Waals surface area (Å²) < 4.78 is 7.02. The fraction of sp³-hybridized carbons (Fsp3) is 0.824. The number of amides is 1. The van der Waals surface area contributed by atoms with Gasteiger partial charge in [0, 0.05) is 32.7 Å². The first kappa shape index (κ1) is 16.4. The summed E-state index contributed by atoms with van der Waals surface area (Å²) in [5, 5.41) is 8.23. The highest BCUT2D eigenvalue weighted by molar-refractivity contribution is 5.92. The fourth-order valence-electron chi connectivity index (χ4n) is 3.85. The van der Waals surface area contributed by atoms with Gasteiger partial charge in [-0.3, -0.25) is 9.48 Å². The number of carbonyl (C=O) groups excluding carboxylic acids is 1. The maximum absolute atomic E-state index is 12.5. The van der Waals surface area contributed by atoms with Crippen molar-refractivity contribution in [3.05, 3.63) is 11.9 Å². The Labute approximate surface area is 138 Å². The van der Waals surface area contributed by atoms with Crippen LogP contribution < -0.4 is 0 Å². The zero-order valence-corrected chi connectivity index (χ0v) is 14.1. The number of methoxy groups -OCH3 is 1. The van der Waals surface area contributed by atoms with E-state index in [1.54, 1.807) is 7.11 Å². The first-order chi connectivity index (χ1) is 11.3. The summed E-state index contributed by atoms with van der Waals surface area (Å²) in [5.74, 6) is 1.28. The van der Waals surface area contributed by atoms with Gasteiger partial charge in [-0.1, -0.05) is 37.3 Å². The number of aryl methyl sites for hydroxylation is 1. The minimum Gasteiger partial charge on any atom is -0.384 e. The molecule has 2 fully saturated rings. The first-order valence-corrected chi connectivity index (χ1v) is 8.94. The van der Waals surface area contributed by atoms with E-state index in [0.717, 1.165) is 45.0 Å². The van der Waals surface area contributed by atoms with Crippen LogP contribution in [-0.2, 0) is 11.3 Å². The molecule has 1 aromatic heterocycles. The Morgan fingerprint density at radius 2 is 2.09 bits per heavy atom. The molecule has 3 rings (SSSR count). The molecule has 1 aliphatic carbocycles. The predicted molar refractivity (Wildman–Crippen MR) is 87.1 cm³/mol. The Morgan fingerprint density at radius 1 is 1.26 bits per heavy atom. The molecule has 0 radical (unpaired) electrons. The minimum absolute atomic E-state index is 0.00696. The standard InChI is InChI=1S/C17H28N4O2/c1-23-13-15-7-9-20(11-15)17(22)16-12-21(19-18-16)10-8-14-5-3-2-4-6-14/h12,14-15H,2-11,13H2,1H3/t15-/m1/s1. The van der Waals surface area contributed by atoms with Gasteiger partial charge in [0.1, 0.15) is 0 Å². The number of hydrogen-bond acceptors (Lipinski definition) is 4. The third-order valence-corrected chi connectivity index (χ3v) is 5.22. The van der Waals surface area contributed by atoms with E-state index in [9.17, 15) is 4.79 Å². The van der Waals surface area contributed by atoms with E-state index in [1.807, 2.05) is 15.8 Å². The molecule has 6 nitrogen and oxygen atoms in total. The Bertz CT molecular complexity index is 510. The van der Waals surface area contributed by atoms with Gasteiger partial charge in [0.2, 0.25) is 0 Å². The second-order valence-corrected chi connectivity index (χ2v) is 7.02. The van der Waals surface area contributed by atoms with Crippen LogP contribution in [0.15, 0.2) is 6.20 Å². The molecule has 6 heteroatoms. The molecule has 0 unspecified atom stereocenters. The van der Waals surface area contributed by atoms with Crippen LogP contribution in [0.3, 0.4) is 0 Å². The maximum atomic E-state index is 12.5. The lowest BCUT2D eigenvalue weighted by atomic mass is 9.87. The first-order valence-electron chi connectivity index (χ1n) is 8.94. The molecular formula is C17H28N4O2. The molecule has 1 aromatic rings. The lowest BCUT2D eigenvalue weighted by Gasteiger charge is -2.20. The molecule has 1 atom stereocenters. The Morgan fingerprint density at radius 3 is 2.87 bits per heavy atom. The van der Waals surface area contributed by atoms with Crippen LogP contribution in [0.5, 0.6) is 0 Å². The van der Waals surface area contributed by atoms with E-state index in [-0.39, 0.29) is 5.91 Å². The van der Waals surface area contributed by atoms with E-state index < -0.39 is 0 Å². The van der Waals surface area contributed by atoms with Gasteiger partial charge >= 0.3 is 0 Å². The van der Waals surface area contributed by atoms with E-state index >= 15 is 0 Å². The molecule has 0 aromatic carbocycles. The van der Waals surface area contributed by atoms with Crippen molar-refractivity contribution in [2.75, 3.05) is 26.8 Å². The molecule has 2 aliphatic rings. The highest BCUT2D eigenvalue weighted by Crippen LogP contribution is 2.26. The molecule has 128 valence electrons. The molecule has 0 spiro atoms. The van der Waals surface area contributed by atoms with Crippen LogP contribution in [0, 0.1) is 11.8 Å². The lowest BCUT2D eigenvalue weighted by molar-refractivity contribution is 0.0769. The predicted octanol–water partition coefficient (Wildman–Crippen LogP) is 2.36. The number of carbonyl (C=O) groups is 1. The van der Waals surface area contributed by atoms with Gasteiger partial charge in [-0.15, -0.1) is 5.10 Å². The average molecular weight is 320 g/mol. The number of ether oxygens (including phenoxy) is 1. The number of likely N-dealkylation sites (tertiary alicyclic amines) is 1. The van der Waals surface area contributed by atoms with Crippen LogP contribution >= 0.6 is 0 Å². The molecule has 1 saturated heterocycles. The van der Waals surface area contributed by atoms with Crippen molar-refractivity contribution in [3.63, 3.8) is 0 Å². The molecule has 2 heterocycles. The van der Waals surface area contributed by atoms with Crippen molar-refractivity contribution in [1.29, 1.82) is 0 Å². The van der Waals surface area contributed by atoms with Crippen LogP contribution in [0.4, 0.5) is 0 Å². The maximum Gasteiger partial charge on any atom is 0.276 e. The highest BCUT2D eigenvalue weighted by Gasteiger charge is 2.28. The smallest absolute Gasteiger partial charge is 0.276 e.